The third-order valence-electron chi connectivity index (χ3n) is 4.25. The van der Waals surface area contributed by atoms with Crippen LogP contribution >= 0.6 is 11.8 Å². The van der Waals surface area contributed by atoms with E-state index in [0.717, 1.165) is 28.1 Å². The van der Waals surface area contributed by atoms with Gasteiger partial charge in [0.05, 0.1) is 5.75 Å². The van der Waals surface area contributed by atoms with Gasteiger partial charge in [-0.25, -0.2) is 0 Å². The zero-order valence-electron chi connectivity index (χ0n) is 17.1. The maximum Gasteiger partial charge on any atom is 0.277 e. The maximum atomic E-state index is 12.1. The summed E-state index contributed by atoms with van der Waals surface area (Å²) >= 11 is 1.20. The van der Waals surface area contributed by atoms with Gasteiger partial charge in [-0.3, -0.25) is 4.79 Å². The van der Waals surface area contributed by atoms with Crippen LogP contribution in [0.3, 0.4) is 0 Å². The molecule has 0 spiro atoms. The molecule has 1 N–H and O–H groups in total. The fraction of sp³-hybridized carbons (Fsp3) is 0.318. The summed E-state index contributed by atoms with van der Waals surface area (Å²) in [5.41, 5.74) is 4.17. The number of anilines is 1. The highest BCUT2D eigenvalue weighted by Gasteiger charge is 2.13. The van der Waals surface area contributed by atoms with Gasteiger partial charge in [-0.05, 0) is 49.1 Å². The number of rotatable bonds is 8. The van der Waals surface area contributed by atoms with Gasteiger partial charge in [-0.1, -0.05) is 55.4 Å². The van der Waals surface area contributed by atoms with E-state index in [1.165, 1.54) is 11.8 Å². The second-order valence-electron chi connectivity index (χ2n) is 7.15. The Balaban J connectivity index is 1.51. The molecule has 29 heavy (non-hydrogen) atoms. The van der Waals surface area contributed by atoms with Gasteiger partial charge < -0.3 is 14.5 Å². The molecule has 3 rings (SSSR count). The molecule has 0 fully saturated rings. The lowest BCUT2D eigenvalue weighted by atomic mass is 10.0. The van der Waals surface area contributed by atoms with Crippen LogP contribution in [0.2, 0.25) is 0 Å². The standard InChI is InChI=1S/C22H25N3O3S/c1-14(2)18-10-7-16(4)11-19(18)27-12-21-24-25-22(28-21)29-13-20(26)23-17-8-5-15(3)6-9-17/h5-11,14H,12-13H2,1-4H3,(H,23,26). The quantitative estimate of drug-likeness (QED) is 0.519. The van der Waals surface area contributed by atoms with Crippen molar-refractivity contribution in [3.63, 3.8) is 0 Å². The Hall–Kier alpha value is -2.80. The van der Waals surface area contributed by atoms with Crippen LogP contribution in [0.15, 0.2) is 52.1 Å². The molecule has 3 aromatic rings. The minimum absolute atomic E-state index is 0.129. The van der Waals surface area contributed by atoms with Crippen molar-refractivity contribution in [2.75, 3.05) is 11.1 Å². The lowest BCUT2D eigenvalue weighted by molar-refractivity contribution is -0.113. The number of hydrogen-bond donors (Lipinski definition) is 1. The van der Waals surface area contributed by atoms with Crippen LogP contribution in [-0.4, -0.2) is 21.9 Å². The Morgan fingerprint density at radius 1 is 1.10 bits per heavy atom. The Kier molecular flexibility index (Phi) is 6.93. The molecular weight excluding hydrogens is 386 g/mol. The Labute approximate surface area is 175 Å². The third-order valence-corrected chi connectivity index (χ3v) is 5.07. The summed E-state index contributed by atoms with van der Waals surface area (Å²) in [7, 11) is 0. The van der Waals surface area contributed by atoms with E-state index >= 15 is 0 Å². The van der Waals surface area contributed by atoms with E-state index in [9.17, 15) is 4.79 Å². The number of nitrogens with one attached hydrogen (secondary N) is 1. The van der Waals surface area contributed by atoms with Crippen LogP contribution in [0.4, 0.5) is 5.69 Å². The summed E-state index contributed by atoms with van der Waals surface area (Å²) in [6, 6.07) is 13.8. The number of aryl methyl sites for hydroxylation is 2. The predicted molar refractivity (Wildman–Crippen MR) is 114 cm³/mol. The third kappa shape index (κ3) is 6.09. The second-order valence-corrected chi connectivity index (χ2v) is 8.08. The molecule has 1 heterocycles. The monoisotopic (exact) mass is 411 g/mol. The molecule has 0 radical (unpaired) electrons. The van der Waals surface area contributed by atoms with Crippen molar-refractivity contribution >= 4 is 23.4 Å². The molecule has 6 nitrogen and oxygen atoms in total. The summed E-state index contributed by atoms with van der Waals surface area (Å²) < 4.78 is 11.5. The van der Waals surface area contributed by atoms with E-state index < -0.39 is 0 Å². The number of carbonyl (C=O) groups excluding carboxylic acids is 1. The number of hydrogen-bond acceptors (Lipinski definition) is 6. The van der Waals surface area contributed by atoms with Crippen LogP contribution in [0.1, 0.15) is 42.3 Å². The Morgan fingerprint density at radius 2 is 1.83 bits per heavy atom. The van der Waals surface area contributed by atoms with Crippen molar-refractivity contribution in [2.45, 2.75) is 45.4 Å². The van der Waals surface area contributed by atoms with Gasteiger partial charge in [0.25, 0.3) is 11.1 Å². The van der Waals surface area contributed by atoms with Gasteiger partial charge >= 0.3 is 0 Å². The van der Waals surface area contributed by atoms with E-state index in [2.05, 4.69) is 41.5 Å². The largest absolute Gasteiger partial charge is 0.484 e. The van der Waals surface area contributed by atoms with Crippen LogP contribution in [-0.2, 0) is 11.4 Å². The molecule has 1 amide bonds. The van der Waals surface area contributed by atoms with E-state index in [1.54, 1.807) is 0 Å². The number of benzene rings is 2. The molecule has 2 aromatic carbocycles. The zero-order valence-corrected chi connectivity index (χ0v) is 17.9. The number of thioether (sulfide) groups is 1. The first-order valence-electron chi connectivity index (χ1n) is 9.46. The molecule has 0 aliphatic carbocycles. The molecule has 0 aliphatic rings. The molecule has 0 saturated carbocycles. The van der Waals surface area contributed by atoms with Gasteiger partial charge in [0, 0.05) is 5.69 Å². The van der Waals surface area contributed by atoms with Crippen LogP contribution < -0.4 is 10.1 Å². The van der Waals surface area contributed by atoms with Gasteiger partial charge in [0.2, 0.25) is 5.91 Å². The second kappa shape index (κ2) is 9.60. The summed E-state index contributed by atoms with van der Waals surface area (Å²) in [5, 5.41) is 11.2. The molecule has 1 aromatic heterocycles. The van der Waals surface area contributed by atoms with E-state index in [-0.39, 0.29) is 18.3 Å². The molecule has 0 saturated heterocycles. The first-order chi connectivity index (χ1) is 13.9. The zero-order chi connectivity index (χ0) is 20.8. The van der Waals surface area contributed by atoms with Crippen molar-refractivity contribution in [3.8, 4) is 5.75 Å². The topological polar surface area (TPSA) is 77.2 Å². The lowest BCUT2D eigenvalue weighted by Crippen LogP contribution is -2.13. The average Bonchev–Trinajstić information content (AvgIpc) is 3.14. The maximum absolute atomic E-state index is 12.1. The number of aromatic nitrogens is 2. The molecule has 152 valence electrons. The molecule has 0 bridgehead atoms. The minimum atomic E-state index is -0.129. The number of nitrogens with zero attached hydrogens (tertiary/aromatic N) is 2. The lowest BCUT2D eigenvalue weighted by Gasteiger charge is -2.13. The number of ether oxygens (including phenoxy) is 1. The van der Waals surface area contributed by atoms with Crippen LogP contribution in [0.25, 0.3) is 0 Å². The highest BCUT2D eigenvalue weighted by molar-refractivity contribution is 7.99. The Morgan fingerprint density at radius 3 is 2.55 bits per heavy atom. The summed E-state index contributed by atoms with van der Waals surface area (Å²) in [5.74, 6) is 1.61. The van der Waals surface area contributed by atoms with Crippen molar-refractivity contribution in [1.82, 2.24) is 10.2 Å². The van der Waals surface area contributed by atoms with Gasteiger partial charge in [-0.15, -0.1) is 10.2 Å². The Bertz CT molecular complexity index is 968. The summed E-state index contributed by atoms with van der Waals surface area (Å²) in [4.78, 5) is 12.1. The fourth-order valence-electron chi connectivity index (χ4n) is 2.70. The normalized spacial score (nSPS) is 10.9. The number of amides is 1. The van der Waals surface area contributed by atoms with E-state index in [1.807, 2.05) is 44.2 Å². The predicted octanol–water partition coefficient (Wildman–Crippen LogP) is 5.12. The minimum Gasteiger partial charge on any atom is -0.484 e. The molecule has 0 atom stereocenters. The van der Waals surface area contributed by atoms with Crippen molar-refractivity contribution in [1.29, 1.82) is 0 Å². The van der Waals surface area contributed by atoms with Crippen molar-refractivity contribution in [2.24, 2.45) is 0 Å². The van der Waals surface area contributed by atoms with E-state index in [4.69, 9.17) is 9.15 Å². The van der Waals surface area contributed by atoms with Crippen LogP contribution in [0, 0.1) is 13.8 Å². The SMILES string of the molecule is Cc1ccc(NC(=O)CSc2nnc(COc3cc(C)ccc3C(C)C)o2)cc1. The van der Waals surface area contributed by atoms with Gasteiger partial charge in [0.15, 0.2) is 6.61 Å². The highest BCUT2D eigenvalue weighted by atomic mass is 32.2. The molecule has 0 aliphatic heterocycles. The summed E-state index contributed by atoms with van der Waals surface area (Å²) in [6.45, 7) is 8.47. The van der Waals surface area contributed by atoms with Crippen LogP contribution in [0.5, 0.6) is 5.75 Å². The average molecular weight is 412 g/mol. The summed E-state index contributed by atoms with van der Waals surface area (Å²) in [6.07, 6.45) is 0. The molecular formula is C22H25N3O3S. The molecule has 7 heteroatoms. The van der Waals surface area contributed by atoms with E-state index in [0.29, 0.717) is 17.0 Å². The first-order valence-corrected chi connectivity index (χ1v) is 10.4. The van der Waals surface area contributed by atoms with Gasteiger partial charge in [0.1, 0.15) is 5.75 Å². The van der Waals surface area contributed by atoms with Gasteiger partial charge in [-0.2, -0.15) is 0 Å². The molecule has 0 unspecified atom stereocenters. The highest BCUT2D eigenvalue weighted by Crippen LogP contribution is 2.28. The fourth-order valence-corrected chi connectivity index (χ4v) is 3.28. The smallest absolute Gasteiger partial charge is 0.277 e. The van der Waals surface area contributed by atoms with Crippen molar-refractivity contribution < 1.29 is 13.9 Å². The number of carbonyl (C=O) groups is 1. The first kappa shape index (κ1) is 20.9. The van der Waals surface area contributed by atoms with Crippen molar-refractivity contribution in [3.05, 3.63) is 65.0 Å².